The number of aryl methyl sites for hydroxylation is 1. The Labute approximate surface area is 157 Å². The normalized spacial score (nSPS) is 12.2. The van der Waals surface area contributed by atoms with E-state index in [0.717, 1.165) is 22.2 Å². The Balaban J connectivity index is 1.88. The molecule has 0 saturated carbocycles. The molecule has 0 aliphatic carbocycles. The number of H-pyrrole nitrogens is 1. The van der Waals surface area contributed by atoms with Crippen molar-refractivity contribution in [2.24, 2.45) is 0 Å². The highest BCUT2D eigenvalue weighted by Crippen LogP contribution is 2.22. The highest BCUT2D eigenvalue weighted by atomic mass is 32.2. The van der Waals surface area contributed by atoms with Gasteiger partial charge in [-0.3, -0.25) is 4.79 Å². The van der Waals surface area contributed by atoms with E-state index in [9.17, 15) is 13.2 Å². The molecule has 0 atom stereocenters. The van der Waals surface area contributed by atoms with Gasteiger partial charge in [0.1, 0.15) is 4.21 Å². The van der Waals surface area contributed by atoms with Crippen LogP contribution in [-0.4, -0.2) is 13.4 Å². The number of benzene rings is 1. The summed E-state index contributed by atoms with van der Waals surface area (Å²) in [5.74, 6) is 0.375. The van der Waals surface area contributed by atoms with Crippen LogP contribution in [0.15, 0.2) is 45.4 Å². The zero-order valence-electron chi connectivity index (χ0n) is 15.0. The minimum Gasteiger partial charge on any atom is -0.322 e. The Morgan fingerprint density at radius 1 is 1.15 bits per heavy atom. The Bertz CT molecular complexity index is 1100. The second-order valence-electron chi connectivity index (χ2n) is 6.52. The van der Waals surface area contributed by atoms with Gasteiger partial charge in [-0.2, -0.15) is 0 Å². The molecule has 138 valence electrons. The van der Waals surface area contributed by atoms with Crippen LogP contribution in [0.4, 0.5) is 0 Å². The third-order valence-corrected chi connectivity index (χ3v) is 7.44. The number of sulfonamides is 1. The number of pyridine rings is 1. The van der Waals surface area contributed by atoms with Gasteiger partial charge < -0.3 is 4.98 Å². The smallest absolute Gasteiger partial charge is 0.252 e. The number of hydrogen-bond acceptors (Lipinski definition) is 4. The van der Waals surface area contributed by atoms with Gasteiger partial charge in [-0.15, -0.1) is 11.3 Å². The molecule has 0 amide bonds. The average molecular weight is 391 g/mol. The van der Waals surface area contributed by atoms with Gasteiger partial charge in [-0.25, -0.2) is 13.1 Å². The van der Waals surface area contributed by atoms with E-state index in [1.165, 1.54) is 16.9 Å². The number of nitrogens with one attached hydrogen (secondary N) is 2. The molecule has 0 spiro atoms. The third-order valence-electron chi connectivity index (χ3n) is 4.31. The van der Waals surface area contributed by atoms with E-state index in [-0.39, 0.29) is 16.3 Å². The van der Waals surface area contributed by atoms with Gasteiger partial charge in [0.2, 0.25) is 10.0 Å². The third kappa shape index (κ3) is 3.90. The van der Waals surface area contributed by atoms with Crippen LogP contribution in [0.2, 0.25) is 0 Å². The number of aromatic amines is 1. The van der Waals surface area contributed by atoms with E-state index >= 15 is 0 Å². The summed E-state index contributed by atoms with van der Waals surface area (Å²) in [6.07, 6.45) is 0.794. The zero-order chi connectivity index (χ0) is 18.9. The van der Waals surface area contributed by atoms with Gasteiger partial charge in [-0.1, -0.05) is 26.8 Å². The topological polar surface area (TPSA) is 79.0 Å². The molecular formula is C19H22N2O3S2. The van der Waals surface area contributed by atoms with Crippen molar-refractivity contribution in [3.63, 3.8) is 0 Å². The van der Waals surface area contributed by atoms with Crippen molar-refractivity contribution in [1.82, 2.24) is 9.71 Å². The first-order valence-corrected chi connectivity index (χ1v) is 10.8. The van der Waals surface area contributed by atoms with Crippen LogP contribution in [0.5, 0.6) is 0 Å². The zero-order valence-corrected chi connectivity index (χ0v) is 16.6. The number of rotatable bonds is 6. The molecule has 5 nitrogen and oxygen atoms in total. The van der Waals surface area contributed by atoms with E-state index in [1.807, 2.05) is 31.2 Å². The standard InChI is InChI=1S/C19H22N2O3S2/c1-4-16-6-8-18(25-16)26(23,24)20-11-15-10-14-9-13(12(2)3)5-7-17(14)21-19(15)22/h5-10,12,20H,4,11H2,1-3H3,(H,21,22). The molecule has 0 saturated heterocycles. The van der Waals surface area contributed by atoms with Crippen molar-refractivity contribution in [3.8, 4) is 0 Å². The van der Waals surface area contributed by atoms with Crippen LogP contribution >= 0.6 is 11.3 Å². The molecule has 3 aromatic rings. The van der Waals surface area contributed by atoms with Gasteiger partial charge in [0, 0.05) is 22.5 Å². The first kappa shape index (κ1) is 18.8. The molecule has 3 rings (SSSR count). The van der Waals surface area contributed by atoms with Crippen molar-refractivity contribution in [2.45, 2.75) is 43.9 Å². The highest BCUT2D eigenvalue weighted by Gasteiger charge is 2.17. The van der Waals surface area contributed by atoms with Gasteiger partial charge in [0.15, 0.2) is 0 Å². The van der Waals surface area contributed by atoms with Gasteiger partial charge >= 0.3 is 0 Å². The maximum Gasteiger partial charge on any atom is 0.252 e. The Hall–Kier alpha value is -1.96. The summed E-state index contributed by atoms with van der Waals surface area (Å²) < 4.78 is 27.7. The summed E-state index contributed by atoms with van der Waals surface area (Å²) >= 11 is 1.25. The Kier molecular flexibility index (Phi) is 5.32. The molecule has 0 aliphatic heterocycles. The molecule has 0 unspecified atom stereocenters. The minimum atomic E-state index is -3.62. The van der Waals surface area contributed by atoms with Gasteiger partial charge in [-0.05, 0) is 53.6 Å². The van der Waals surface area contributed by atoms with E-state index in [2.05, 4.69) is 23.6 Å². The molecule has 0 fully saturated rings. The lowest BCUT2D eigenvalue weighted by Crippen LogP contribution is -2.26. The maximum absolute atomic E-state index is 12.4. The summed E-state index contributed by atoms with van der Waals surface area (Å²) in [6, 6.07) is 11.1. The monoisotopic (exact) mass is 390 g/mol. The largest absolute Gasteiger partial charge is 0.322 e. The Morgan fingerprint density at radius 2 is 1.92 bits per heavy atom. The fourth-order valence-corrected chi connectivity index (χ4v) is 5.04. The van der Waals surface area contributed by atoms with Crippen molar-refractivity contribution < 1.29 is 8.42 Å². The number of fused-ring (bicyclic) bond motifs is 1. The maximum atomic E-state index is 12.4. The molecule has 1 aromatic carbocycles. The van der Waals surface area contributed by atoms with Crippen LogP contribution in [0, 0.1) is 0 Å². The second kappa shape index (κ2) is 7.34. The van der Waals surface area contributed by atoms with Crippen LogP contribution < -0.4 is 10.3 Å². The molecular weight excluding hydrogens is 368 g/mol. The SMILES string of the molecule is CCc1ccc(S(=O)(=O)NCc2cc3cc(C(C)C)ccc3[nH]c2=O)s1. The first-order valence-electron chi connectivity index (χ1n) is 8.54. The van der Waals surface area contributed by atoms with E-state index < -0.39 is 10.0 Å². The predicted molar refractivity (Wildman–Crippen MR) is 106 cm³/mol. The fraction of sp³-hybridized carbons (Fsp3) is 0.316. The fourth-order valence-electron chi connectivity index (χ4n) is 2.70. The van der Waals surface area contributed by atoms with Crippen LogP contribution in [0.25, 0.3) is 10.9 Å². The molecule has 0 bridgehead atoms. The van der Waals surface area contributed by atoms with Crippen LogP contribution in [0.3, 0.4) is 0 Å². The lowest BCUT2D eigenvalue weighted by Gasteiger charge is -2.09. The van der Waals surface area contributed by atoms with Crippen molar-refractivity contribution in [1.29, 1.82) is 0 Å². The summed E-state index contributed by atoms with van der Waals surface area (Å²) in [6.45, 7) is 6.15. The van der Waals surface area contributed by atoms with Crippen LogP contribution in [0.1, 0.15) is 42.7 Å². The van der Waals surface area contributed by atoms with Gasteiger partial charge in [0.25, 0.3) is 5.56 Å². The summed E-state index contributed by atoms with van der Waals surface area (Å²) in [4.78, 5) is 16.1. The molecule has 26 heavy (non-hydrogen) atoms. The van der Waals surface area contributed by atoms with Crippen molar-refractivity contribution >= 4 is 32.3 Å². The van der Waals surface area contributed by atoms with E-state index in [0.29, 0.717) is 11.5 Å². The lowest BCUT2D eigenvalue weighted by atomic mass is 10.0. The van der Waals surface area contributed by atoms with E-state index in [4.69, 9.17) is 0 Å². The summed E-state index contributed by atoms with van der Waals surface area (Å²) in [7, 11) is -3.62. The molecule has 2 N–H and O–H groups in total. The van der Waals surface area contributed by atoms with Crippen LogP contribution in [-0.2, 0) is 23.0 Å². The minimum absolute atomic E-state index is 0.0428. The summed E-state index contributed by atoms with van der Waals surface area (Å²) in [5, 5.41) is 0.898. The highest BCUT2D eigenvalue weighted by molar-refractivity contribution is 7.91. The van der Waals surface area contributed by atoms with Gasteiger partial charge in [0.05, 0.1) is 0 Å². The molecule has 0 aliphatic rings. The number of thiophene rings is 1. The Morgan fingerprint density at radius 3 is 2.58 bits per heavy atom. The lowest BCUT2D eigenvalue weighted by molar-refractivity contribution is 0.583. The average Bonchev–Trinajstić information content (AvgIpc) is 3.09. The molecule has 7 heteroatoms. The van der Waals surface area contributed by atoms with E-state index in [1.54, 1.807) is 12.1 Å². The second-order valence-corrected chi connectivity index (χ2v) is 9.69. The predicted octanol–water partition coefficient (Wildman–Crippen LogP) is 3.75. The van der Waals surface area contributed by atoms with Crippen molar-refractivity contribution in [3.05, 3.63) is 62.8 Å². The molecule has 2 aromatic heterocycles. The first-order chi connectivity index (χ1) is 12.3. The summed E-state index contributed by atoms with van der Waals surface area (Å²) in [5.41, 5.74) is 2.03. The quantitative estimate of drug-likeness (QED) is 0.673. The number of hydrogen-bond donors (Lipinski definition) is 2. The number of aromatic nitrogens is 1. The van der Waals surface area contributed by atoms with Crippen molar-refractivity contribution in [2.75, 3.05) is 0 Å². The molecule has 2 heterocycles. The molecule has 0 radical (unpaired) electrons.